The first kappa shape index (κ1) is 13.8. The summed E-state index contributed by atoms with van der Waals surface area (Å²) in [5, 5.41) is 6.06. The monoisotopic (exact) mass is 262 g/mol. The second-order valence-corrected chi connectivity index (χ2v) is 4.89. The predicted molar refractivity (Wildman–Crippen MR) is 76.4 cm³/mol. The van der Waals surface area contributed by atoms with Crippen LogP contribution in [0.2, 0.25) is 0 Å². The highest BCUT2D eigenvalue weighted by molar-refractivity contribution is 5.95. The van der Waals surface area contributed by atoms with E-state index in [2.05, 4.69) is 27.4 Å². The van der Waals surface area contributed by atoms with Crippen molar-refractivity contribution in [1.29, 1.82) is 0 Å². The van der Waals surface area contributed by atoms with Gasteiger partial charge in [-0.3, -0.25) is 4.79 Å². The van der Waals surface area contributed by atoms with Crippen molar-refractivity contribution in [2.75, 3.05) is 32.0 Å². The van der Waals surface area contributed by atoms with E-state index in [4.69, 9.17) is 0 Å². The molecule has 0 bridgehead atoms. The van der Waals surface area contributed by atoms with Crippen molar-refractivity contribution >= 4 is 11.7 Å². The molecule has 0 spiro atoms. The van der Waals surface area contributed by atoms with Crippen LogP contribution in [0.3, 0.4) is 0 Å². The fourth-order valence-corrected chi connectivity index (χ4v) is 2.44. The Morgan fingerprint density at radius 2 is 2.42 bits per heavy atom. The highest BCUT2D eigenvalue weighted by atomic mass is 16.1. The Balaban J connectivity index is 1.96. The summed E-state index contributed by atoms with van der Waals surface area (Å²) in [6, 6.07) is 3.78. The van der Waals surface area contributed by atoms with Crippen molar-refractivity contribution in [3.8, 4) is 0 Å². The minimum Gasteiger partial charge on any atom is -0.373 e. The van der Waals surface area contributed by atoms with Crippen LogP contribution in [0, 0.1) is 0 Å². The first-order chi connectivity index (χ1) is 9.22. The largest absolute Gasteiger partial charge is 0.373 e. The molecule has 2 N–H and O–H groups in total. The number of rotatable bonds is 4. The third-order valence-electron chi connectivity index (χ3n) is 3.57. The lowest BCUT2D eigenvalue weighted by Crippen LogP contribution is -2.47. The molecule has 19 heavy (non-hydrogen) atoms. The van der Waals surface area contributed by atoms with Gasteiger partial charge in [-0.1, -0.05) is 6.92 Å². The second kappa shape index (κ2) is 6.52. The quantitative estimate of drug-likeness (QED) is 0.859. The topological polar surface area (TPSA) is 57.3 Å². The fraction of sp³-hybridized carbons (Fsp3) is 0.571. The van der Waals surface area contributed by atoms with Crippen LogP contribution >= 0.6 is 0 Å². The number of anilines is 1. The Labute approximate surface area is 114 Å². The maximum atomic E-state index is 12.2. The molecule has 1 amide bonds. The van der Waals surface area contributed by atoms with Crippen LogP contribution in [0.4, 0.5) is 5.82 Å². The van der Waals surface area contributed by atoms with E-state index in [9.17, 15) is 4.79 Å². The zero-order chi connectivity index (χ0) is 13.7. The van der Waals surface area contributed by atoms with Gasteiger partial charge in [0.25, 0.3) is 5.91 Å². The molecule has 0 aliphatic carbocycles. The van der Waals surface area contributed by atoms with Crippen LogP contribution in [0.1, 0.15) is 30.1 Å². The summed E-state index contributed by atoms with van der Waals surface area (Å²) >= 11 is 0. The van der Waals surface area contributed by atoms with Crippen molar-refractivity contribution in [2.24, 2.45) is 0 Å². The first-order valence-electron chi connectivity index (χ1n) is 6.90. The Kier molecular flexibility index (Phi) is 4.74. The van der Waals surface area contributed by atoms with Crippen LogP contribution in [0.15, 0.2) is 18.3 Å². The normalized spacial score (nSPS) is 20.0. The zero-order valence-electron chi connectivity index (χ0n) is 11.6. The highest BCUT2D eigenvalue weighted by Crippen LogP contribution is 2.11. The average Bonchev–Trinajstić information content (AvgIpc) is 2.47. The molecule has 5 heteroatoms. The smallest absolute Gasteiger partial charge is 0.251 e. The van der Waals surface area contributed by atoms with Crippen LogP contribution in [-0.2, 0) is 0 Å². The number of piperidine rings is 1. The van der Waals surface area contributed by atoms with Gasteiger partial charge in [-0.05, 0) is 38.1 Å². The molecule has 1 fully saturated rings. The highest BCUT2D eigenvalue weighted by Gasteiger charge is 2.20. The second-order valence-electron chi connectivity index (χ2n) is 4.89. The third kappa shape index (κ3) is 3.67. The van der Waals surface area contributed by atoms with Gasteiger partial charge in [-0.2, -0.15) is 0 Å². The lowest BCUT2D eigenvalue weighted by Gasteiger charge is -2.32. The molecule has 0 aromatic carbocycles. The molecule has 1 aromatic rings. The molecule has 1 unspecified atom stereocenters. The fourth-order valence-electron chi connectivity index (χ4n) is 2.44. The van der Waals surface area contributed by atoms with Gasteiger partial charge in [0.1, 0.15) is 5.82 Å². The maximum Gasteiger partial charge on any atom is 0.251 e. The van der Waals surface area contributed by atoms with E-state index in [-0.39, 0.29) is 11.9 Å². The zero-order valence-corrected chi connectivity index (χ0v) is 11.6. The third-order valence-corrected chi connectivity index (χ3v) is 3.57. The number of aromatic nitrogens is 1. The summed E-state index contributed by atoms with van der Waals surface area (Å²) in [7, 11) is 1.80. The molecule has 0 radical (unpaired) electrons. The van der Waals surface area contributed by atoms with Gasteiger partial charge in [-0.25, -0.2) is 4.98 Å². The lowest BCUT2D eigenvalue weighted by molar-refractivity contribution is 0.0906. The van der Waals surface area contributed by atoms with E-state index in [1.165, 1.54) is 0 Å². The predicted octanol–water partition coefficient (Wildman–Crippen LogP) is 1.34. The van der Waals surface area contributed by atoms with Crippen LogP contribution in [-0.4, -0.2) is 48.5 Å². The first-order valence-corrected chi connectivity index (χ1v) is 6.90. The van der Waals surface area contributed by atoms with Gasteiger partial charge in [0, 0.05) is 31.4 Å². The molecule has 1 saturated heterocycles. The lowest BCUT2D eigenvalue weighted by atomic mass is 10.1. The number of hydrogen-bond acceptors (Lipinski definition) is 4. The van der Waals surface area contributed by atoms with Gasteiger partial charge in [0.15, 0.2) is 0 Å². The Morgan fingerprint density at radius 3 is 3.16 bits per heavy atom. The number of carbonyl (C=O) groups is 1. The van der Waals surface area contributed by atoms with E-state index in [0.29, 0.717) is 11.4 Å². The summed E-state index contributed by atoms with van der Waals surface area (Å²) in [5.41, 5.74) is 0.660. The maximum absolute atomic E-state index is 12.2. The van der Waals surface area contributed by atoms with E-state index < -0.39 is 0 Å². The molecule has 1 aliphatic heterocycles. The van der Waals surface area contributed by atoms with Gasteiger partial charge in [0.05, 0.1) is 0 Å². The molecule has 104 valence electrons. The van der Waals surface area contributed by atoms with Crippen molar-refractivity contribution in [2.45, 2.75) is 25.8 Å². The summed E-state index contributed by atoms with van der Waals surface area (Å²) in [6.07, 6.45) is 3.86. The standard InChI is InChI=1S/C14H22N4O/c1-3-18-8-4-5-12(10-18)17-14(19)11-6-7-16-13(9-11)15-2/h6-7,9,12H,3-5,8,10H2,1-2H3,(H,15,16)(H,17,19). The van der Waals surface area contributed by atoms with Crippen LogP contribution in [0.25, 0.3) is 0 Å². The van der Waals surface area contributed by atoms with Crippen molar-refractivity contribution in [3.05, 3.63) is 23.9 Å². The SMILES string of the molecule is CCN1CCCC(NC(=O)c2ccnc(NC)c2)C1. The van der Waals surface area contributed by atoms with Crippen LogP contribution in [0.5, 0.6) is 0 Å². The van der Waals surface area contributed by atoms with Gasteiger partial charge >= 0.3 is 0 Å². The minimum atomic E-state index is -0.0122. The number of amides is 1. The molecular weight excluding hydrogens is 240 g/mol. The molecule has 1 aliphatic rings. The Hall–Kier alpha value is -1.62. The van der Waals surface area contributed by atoms with Gasteiger partial charge in [-0.15, -0.1) is 0 Å². The number of hydrogen-bond donors (Lipinski definition) is 2. The number of nitrogens with zero attached hydrogens (tertiary/aromatic N) is 2. The van der Waals surface area contributed by atoms with Crippen molar-refractivity contribution in [3.63, 3.8) is 0 Å². The summed E-state index contributed by atoms with van der Waals surface area (Å²) in [4.78, 5) is 18.7. The average molecular weight is 262 g/mol. The van der Waals surface area contributed by atoms with Gasteiger partial charge in [0.2, 0.25) is 0 Å². The molecular formula is C14H22N4O. The van der Waals surface area contributed by atoms with E-state index in [1.54, 1.807) is 25.4 Å². The number of nitrogens with one attached hydrogen (secondary N) is 2. The molecule has 0 saturated carbocycles. The Bertz CT molecular complexity index is 435. The molecule has 1 aromatic heterocycles. The molecule has 5 nitrogen and oxygen atoms in total. The number of likely N-dealkylation sites (tertiary alicyclic amines) is 1. The molecule has 2 rings (SSSR count). The van der Waals surface area contributed by atoms with Crippen molar-refractivity contribution in [1.82, 2.24) is 15.2 Å². The number of likely N-dealkylation sites (N-methyl/N-ethyl adjacent to an activating group) is 1. The van der Waals surface area contributed by atoms with Gasteiger partial charge < -0.3 is 15.5 Å². The van der Waals surface area contributed by atoms with E-state index >= 15 is 0 Å². The summed E-state index contributed by atoms with van der Waals surface area (Å²) in [5.74, 6) is 0.702. The Morgan fingerprint density at radius 1 is 1.58 bits per heavy atom. The van der Waals surface area contributed by atoms with Crippen LogP contribution < -0.4 is 10.6 Å². The number of carbonyl (C=O) groups excluding carboxylic acids is 1. The van der Waals surface area contributed by atoms with Crippen molar-refractivity contribution < 1.29 is 4.79 Å². The summed E-state index contributed by atoms with van der Waals surface area (Å²) in [6.45, 7) is 5.30. The number of pyridine rings is 1. The van der Waals surface area contributed by atoms with E-state index in [1.807, 2.05) is 0 Å². The molecule has 2 heterocycles. The summed E-state index contributed by atoms with van der Waals surface area (Å²) < 4.78 is 0. The minimum absolute atomic E-state index is 0.0122. The molecule has 1 atom stereocenters. The van der Waals surface area contributed by atoms with E-state index in [0.717, 1.165) is 32.5 Å².